The Morgan fingerprint density at radius 3 is 2.47 bits per heavy atom. The topological polar surface area (TPSA) is 38.0 Å². The van der Waals surface area contributed by atoms with E-state index in [1.54, 1.807) is 0 Å². The number of anilines is 1. The van der Waals surface area contributed by atoms with E-state index < -0.39 is 0 Å². The van der Waals surface area contributed by atoms with Crippen LogP contribution in [0.2, 0.25) is 0 Å². The molecule has 1 rings (SSSR count). The van der Waals surface area contributed by atoms with Crippen molar-refractivity contribution in [3.8, 4) is 0 Å². The average molecular weight is 206 g/mol. The summed E-state index contributed by atoms with van der Waals surface area (Å²) in [5.41, 5.74) is 9.43. The van der Waals surface area contributed by atoms with Gasteiger partial charge in [-0.3, -0.25) is 0 Å². The second-order valence-corrected chi connectivity index (χ2v) is 5.36. The third kappa shape index (κ3) is 4.34. The Bertz CT molecular complexity index is 324. The van der Waals surface area contributed by atoms with Crippen LogP contribution in [0.5, 0.6) is 0 Å². The summed E-state index contributed by atoms with van der Waals surface area (Å²) in [5.74, 6) is 0. The second-order valence-electron chi connectivity index (χ2n) is 5.36. The number of hydrogen-bond acceptors (Lipinski definition) is 2. The molecule has 1 aromatic carbocycles. The van der Waals surface area contributed by atoms with Gasteiger partial charge in [0.1, 0.15) is 0 Å². The van der Waals surface area contributed by atoms with Gasteiger partial charge in [0.15, 0.2) is 0 Å². The van der Waals surface area contributed by atoms with E-state index in [4.69, 9.17) is 5.73 Å². The molecule has 2 nitrogen and oxygen atoms in total. The molecule has 0 fully saturated rings. The van der Waals surface area contributed by atoms with E-state index in [0.29, 0.717) is 5.41 Å². The highest BCUT2D eigenvalue weighted by atomic mass is 14.9. The Hall–Kier alpha value is -1.02. The van der Waals surface area contributed by atoms with Crippen LogP contribution >= 0.6 is 0 Å². The first-order valence-electron chi connectivity index (χ1n) is 5.44. The molecular weight excluding hydrogens is 184 g/mol. The molecule has 1 aromatic rings. The molecule has 0 aliphatic carbocycles. The predicted octanol–water partition coefficient (Wildman–Crippen LogP) is 2.71. The molecule has 0 aromatic heterocycles. The van der Waals surface area contributed by atoms with Gasteiger partial charge in [-0.1, -0.05) is 32.9 Å². The van der Waals surface area contributed by atoms with Crippen molar-refractivity contribution >= 4 is 5.69 Å². The van der Waals surface area contributed by atoms with Crippen molar-refractivity contribution < 1.29 is 0 Å². The van der Waals surface area contributed by atoms with Crippen LogP contribution in [0, 0.1) is 12.3 Å². The van der Waals surface area contributed by atoms with Crippen LogP contribution in [0.15, 0.2) is 18.2 Å². The van der Waals surface area contributed by atoms with E-state index in [2.05, 4.69) is 38.2 Å². The summed E-state index contributed by atoms with van der Waals surface area (Å²) in [4.78, 5) is 0. The van der Waals surface area contributed by atoms with Crippen molar-refractivity contribution in [1.82, 2.24) is 5.32 Å². The second kappa shape index (κ2) is 4.67. The van der Waals surface area contributed by atoms with Crippen molar-refractivity contribution in [2.45, 2.75) is 34.2 Å². The zero-order chi connectivity index (χ0) is 11.5. The summed E-state index contributed by atoms with van der Waals surface area (Å²) >= 11 is 0. The standard InChI is InChI=1S/C13H22N2/c1-10-7-11(5-6-12(10)14)8-15-9-13(2,3)4/h5-7,15H,8-9,14H2,1-4H3. The van der Waals surface area contributed by atoms with Crippen LogP contribution in [0.25, 0.3) is 0 Å². The van der Waals surface area contributed by atoms with E-state index in [1.165, 1.54) is 5.56 Å². The minimum Gasteiger partial charge on any atom is -0.399 e. The first kappa shape index (κ1) is 12.1. The van der Waals surface area contributed by atoms with Crippen molar-refractivity contribution in [3.63, 3.8) is 0 Å². The van der Waals surface area contributed by atoms with E-state index in [-0.39, 0.29) is 0 Å². The van der Waals surface area contributed by atoms with E-state index in [9.17, 15) is 0 Å². The molecule has 15 heavy (non-hydrogen) atoms. The fraction of sp³-hybridized carbons (Fsp3) is 0.538. The van der Waals surface area contributed by atoms with Crippen molar-refractivity contribution in [3.05, 3.63) is 29.3 Å². The highest BCUT2D eigenvalue weighted by Crippen LogP contribution is 2.14. The van der Waals surface area contributed by atoms with Gasteiger partial charge in [-0.2, -0.15) is 0 Å². The SMILES string of the molecule is Cc1cc(CNCC(C)(C)C)ccc1N. The monoisotopic (exact) mass is 206 g/mol. The Balaban J connectivity index is 2.48. The summed E-state index contributed by atoms with van der Waals surface area (Å²) in [6, 6.07) is 6.20. The Labute approximate surface area is 92.9 Å². The molecule has 0 aliphatic rings. The number of nitrogen functional groups attached to an aromatic ring is 1. The predicted molar refractivity (Wildman–Crippen MR) is 66.8 cm³/mol. The van der Waals surface area contributed by atoms with Crippen LogP contribution in [-0.4, -0.2) is 6.54 Å². The molecule has 0 radical (unpaired) electrons. The lowest BCUT2D eigenvalue weighted by Crippen LogP contribution is -2.26. The van der Waals surface area contributed by atoms with Gasteiger partial charge in [-0.25, -0.2) is 0 Å². The maximum Gasteiger partial charge on any atom is 0.0343 e. The zero-order valence-electron chi connectivity index (χ0n) is 10.2. The summed E-state index contributed by atoms with van der Waals surface area (Å²) in [6.45, 7) is 10.7. The van der Waals surface area contributed by atoms with Gasteiger partial charge in [-0.05, 0) is 29.5 Å². The number of rotatable bonds is 3. The van der Waals surface area contributed by atoms with Gasteiger partial charge in [0, 0.05) is 18.8 Å². The third-order valence-electron chi connectivity index (χ3n) is 2.32. The molecule has 3 N–H and O–H groups in total. The lowest BCUT2D eigenvalue weighted by atomic mass is 9.97. The fourth-order valence-corrected chi connectivity index (χ4v) is 1.43. The first-order valence-corrected chi connectivity index (χ1v) is 5.44. The van der Waals surface area contributed by atoms with Gasteiger partial charge in [-0.15, -0.1) is 0 Å². The quantitative estimate of drug-likeness (QED) is 0.746. The molecule has 2 heteroatoms. The molecule has 0 saturated carbocycles. The number of benzene rings is 1. The van der Waals surface area contributed by atoms with E-state index >= 15 is 0 Å². The Morgan fingerprint density at radius 2 is 1.93 bits per heavy atom. The molecule has 0 unspecified atom stereocenters. The highest BCUT2D eigenvalue weighted by molar-refractivity contribution is 5.47. The third-order valence-corrected chi connectivity index (χ3v) is 2.32. The summed E-state index contributed by atoms with van der Waals surface area (Å²) in [5, 5.41) is 3.45. The minimum absolute atomic E-state index is 0.336. The molecule has 0 spiro atoms. The fourth-order valence-electron chi connectivity index (χ4n) is 1.43. The highest BCUT2D eigenvalue weighted by Gasteiger charge is 2.08. The van der Waals surface area contributed by atoms with Crippen LogP contribution in [0.3, 0.4) is 0 Å². The van der Waals surface area contributed by atoms with Crippen LogP contribution in [0.1, 0.15) is 31.9 Å². The van der Waals surface area contributed by atoms with Gasteiger partial charge in [0.2, 0.25) is 0 Å². The number of aryl methyl sites for hydroxylation is 1. The van der Waals surface area contributed by atoms with Crippen LogP contribution in [0.4, 0.5) is 5.69 Å². The van der Waals surface area contributed by atoms with Gasteiger partial charge in [0.25, 0.3) is 0 Å². The molecule has 0 heterocycles. The maximum absolute atomic E-state index is 5.77. The molecule has 0 saturated heterocycles. The van der Waals surface area contributed by atoms with Crippen molar-refractivity contribution in [2.75, 3.05) is 12.3 Å². The van der Waals surface area contributed by atoms with Crippen LogP contribution < -0.4 is 11.1 Å². The minimum atomic E-state index is 0.336. The Kier molecular flexibility index (Phi) is 3.75. The maximum atomic E-state index is 5.77. The summed E-state index contributed by atoms with van der Waals surface area (Å²) < 4.78 is 0. The lowest BCUT2D eigenvalue weighted by molar-refractivity contribution is 0.379. The number of nitrogens with one attached hydrogen (secondary N) is 1. The van der Waals surface area contributed by atoms with E-state index in [1.807, 2.05) is 13.0 Å². The van der Waals surface area contributed by atoms with Crippen molar-refractivity contribution in [2.24, 2.45) is 5.41 Å². The molecule has 0 amide bonds. The lowest BCUT2D eigenvalue weighted by Gasteiger charge is -2.18. The zero-order valence-corrected chi connectivity index (χ0v) is 10.2. The van der Waals surface area contributed by atoms with Gasteiger partial charge < -0.3 is 11.1 Å². The largest absolute Gasteiger partial charge is 0.399 e. The molecule has 0 bridgehead atoms. The van der Waals surface area contributed by atoms with Gasteiger partial charge >= 0.3 is 0 Å². The summed E-state index contributed by atoms with van der Waals surface area (Å²) in [7, 11) is 0. The average Bonchev–Trinajstić information content (AvgIpc) is 2.09. The van der Waals surface area contributed by atoms with Gasteiger partial charge in [0.05, 0.1) is 0 Å². The number of nitrogens with two attached hydrogens (primary N) is 1. The molecule has 84 valence electrons. The Morgan fingerprint density at radius 1 is 1.27 bits per heavy atom. The van der Waals surface area contributed by atoms with Crippen LogP contribution in [-0.2, 0) is 6.54 Å². The van der Waals surface area contributed by atoms with Crippen molar-refractivity contribution in [1.29, 1.82) is 0 Å². The summed E-state index contributed by atoms with van der Waals surface area (Å²) in [6.07, 6.45) is 0. The molecular formula is C13H22N2. The van der Waals surface area contributed by atoms with E-state index in [0.717, 1.165) is 24.3 Å². The smallest absolute Gasteiger partial charge is 0.0343 e. The number of hydrogen-bond donors (Lipinski definition) is 2. The molecule has 0 aliphatic heterocycles. The first-order chi connectivity index (χ1) is 6.88. The molecule has 0 atom stereocenters. The normalized spacial score (nSPS) is 11.7.